The summed E-state index contributed by atoms with van der Waals surface area (Å²) in [4.78, 5) is 4.22. The van der Waals surface area contributed by atoms with Crippen LogP contribution >= 0.6 is 0 Å². The van der Waals surface area contributed by atoms with Crippen molar-refractivity contribution in [3.05, 3.63) is 53.4 Å². The summed E-state index contributed by atoms with van der Waals surface area (Å²) in [5.41, 5.74) is 0.458. The van der Waals surface area contributed by atoms with E-state index in [0.29, 0.717) is 17.2 Å². The van der Waals surface area contributed by atoms with E-state index >= 15 is 0 Å². The molecule has 1 saturated carbocycles. The Morgan fingerprint density at radius 3 is 2.46 bits per heavy atom. The lowest BCUT2D eigenvalue weighted by molar-refractivity contribution is 0.200. The maximum Gasteiger partial charge on any atom is 0.179 e. The maximum absolute atomic E-state index is 13.7. The quantitative estimate of drug-likeness (QED) is 0.784. The first-order valence-electron chi connectivity index (χ1n) is 8.00. The van der Waals surface area contributed by atoms with E-state index in [9.17, 15) is 8.78 Å². The Kier molecular flexibility index (Phi) is 5.08. The van der Waals surface area contributed by atoms with Crippen LogP contribution in [0.4, 0.5) is 8.78 Å². The molecule has 0 aliphatic heterocycles. The summed E-state index contributed by atoms with van der Waals surface area (Å²) in [7, 11) is 1.56. The predicted octanol–water partition coefficient (Wildman–Crippen LogP) is 4.86. The van der Waals surface area contributed by atoms with Gasteiger partial charge in [0.2, 0.25) is 0 Å². The van der Waals surface area contributed by atoms with Crippen LogP contribution in [0.3, 0.4) is 0 Å². The average molecular weight is 331 g/mol. The maximum atomic E-state index is 13.7. The summed E-state index contributed by atoms with van der Waals surface area (Å²) in [6.45, 7) is 0. The minimum absolute atomic E-state index is 0.0895. The zero-order chi connectivity index (χ0) is 16.9. The molecule has 0 unspecified atom stereocenters. The molecular formula is C19H19F2NO2. The van der Waals surface area contributed by atoms with Crippen molar-refractivity contribution in [3.8, 4) is 11.5 Å². The second kappa shape index (κ2) is 7.43. The van der Waals surface area contributed by atoms with E-state index in [1.165, 1.54) is 24.3 Å². The molecule has 1 aliphatic carbocycles. The van der Waals surface area contributed by atoms with Gasteiger partial charge in [-0.3, -0.25) is 4.98 Å². The SMILES string of the molecule is COc1cnc(/C=C/c2c(F)cccc2F)cc1OC1CCCC1. The highest BCUT2D eigenvalue weighted by atomic mass is 19.1. The van der Waals surface area contributed by atoms with E-state index in [0.717, 1.165) is 25.7 Å². The van der Waals surface area contributed by atoms with Gasteiger partial charge >= 0.3 is 0 Å². The van der Waals surface area contributed by atoms with Crippen LogP contribution in [0, 0.1) is 11.6 Å². The molecule has 0 spiro atoms. The third-order valence-electron chi connectivity index (χ3n) is 4.09. The largest absolute Gasteiger partial charge is 0.491 e. The van der Waals surface area contributed by atoms with E-state index in [1.807, 2.05) is 0 Å². The fraction of sp³-hybridized carbons (Fsp3) is 0.316. The molecule has 0 radical (unpaired) electrons. The van der Waals surface area contributed by atoms with Gasteiger partial charge in [0.05, 0.1) is 25.1 Å². The molecule has 0 atom stereocenters. The number of ether oxygens (including phenoxy) is 2. The molecule has 3 rings (SSSR count). The number of halogens is 2. The lowest BCUT2D eigenvalue weighted by atomic mass is 10.1. The molecule has 1 aromatic heterocycles. The van der Waals surface area contributed by atoms with Gasteiger partial charge in [0.25, 0.3) is 0 Å². The second-order valence-electron chi connectivity index (χ2n) is 5.75. The van der Waals surface area contributed by atoms with Crippen molar-refractivity contribution in [1.29, 1.82) is 0 Å². The lowest BCUT2D eigenvalue weighted by Crippen LogP contribution is -2.11. The fourth-order valence-corrected chi connectivity index (χ4v) is 2.80. The Hall–Kier alpha value is -2.43. The molecule has 1 aromatic carbocycles. The number of pyridine rings is 1. The highest BCUT2D eigenvalue weighted by Gasteiger charge is 2.18. The number of hydrogen-bond acceptors (Lipinski definition) is 3. The number of methoxy groups -OCH3 is 1. The molecule has 0 saturated heterocycles. The molecule has 0 amide bonds. The monoisotopic (exact) mass is 331 g/mol. The first-order valence-corrected chi connectivity index (χ1v) is 8.00. The Balaban J connectivity index is 1.84. The van der Waals surface area contributed by atoms with Crippen LogP contribution in [-0.4, -0.2) is 18.2 Å². The molecule has 126 valence electrons. The van der Waals surface area contributed by atoms with E-state index < -0.39 is 11.6 Å². The Morgan fingerprint density at radius 1 is 1.08 bits per heavy atom. The van der Waals surface area contributed by atoms with Crippen LogP contribution in [0.1, 0.15) is 36.9 Å². The molecule has 1 fully saturated rings. The fourth-order valence-electron chi connectivity index (χ4n) is 2.80. The topological polar surface area (TPSA) is 31.4 Å². The summed E-state index contributed by atoms with van der Waals surface area (Å²) >= 11 is 0. The number of nitrogens with zero attached hydrogens (tertiary/aromatic N) is 1. The first-order chi connectivity index (χ1) is 11.7. The Bertz CT molecular complexity index is 720. The molecule has 1 aliphatic rings. The van der Waals surface area contributed by atoms with Gasteiger partial charge in [-0.15, -0.1) is 0 Å². The van der Waals surface area contributed by atoms with Gasteiger partial charge in [-0.05, 0) is 50.0 Å². The van der Waals surface area contributed by atoms with Crippen LogP contribution < -0.4 is 9.47 Å². The van der Waals surface area contributed by atoms with Crippen LogP contribution in [0.15, 0.2) is 30.5 Å². The van der Waals surface area contributed by atoms with Crippen LogP contribution in [0.5, 0.6) is 11.5 Å². The third-order valence-corrected chi connectivity index (χ3v) is 4.09. The summed E-state index contributed by atoms with van der Waals surface area (Å²) in [5.74, 6) is -0.0615. The zero-order valence-corrected chi connectivity index (χ0v) is 13.5. The number of hydrogen-bond donors (Lipinski definition) is 0. The van der Waals surface area contributed by atoms with Crippen molar-refractivity contribution in [1.82, 2.24) is 4.98 Å². The smallest absolute Gasteiger partial charge is 0.179 e. The third kappa shape index (κ3) is 3.72. The highest BCUT2D eigenvalue weighted by Crippen LogP contribution is 2.32. The van der Waals surface area contributed by atoms with E-state index in [4.69, 9.17) is 9.47 Å². The standard InChI is InChI=1S/C19H19F2NO2/c1-23-19-12-22-13(11-18(19)24-14-5-2-3-6-14)9-10-15-16(20)7-4-8-17(15)21/h4,7-12,14H,2-3,5-6H2,1H3/b10-9+. The van der Waals surface area contributed by atoms with Crippen molar-refractivity contribution in [2.75, 3.05) is 7.11 Å². The minimum Gasteiger partial charge on any atom is -0.491 e. The van der Waals surface area contributed by atoms with Gasteiger partial charge in [0.1, 0.15) is 11.6 Å². The summed E-state index contributed by atoms with van der Waals surface area (Å²) in [5, 5.41) is 0. The van der Waals surface area contributed by atoms with E-state index in [1.54, 1.807) is 25.4 Å². The van der Waals surface area contributed by atoms with Gasteiger partial charge in [0.15, 0.2) is 11.5 Å². The van der Waals surface area contributed by atoms with Gasteiger partial charge in [-0.2, -0.15) is 0 Å². The van der Waals surface area contributed by atoms with E-state index in [-0.39, 0.29) is 11.7 Å². The number of aromatic nitrogens is 1. The molecule has 1 heterocycles. The van der Waals surface area contributed by atoms with Crippen molar-refractivity contribution in [2.24, 2.45) is 0 Å². The van der Waals surface area contributed by atoms with Crippen LogP contribution in [-0.2, 0) is 0 Å². The van der Waals surface area contributed by atoms with Crippen molar-refractivity contribution in [3.63, 3.8) is 0 Å². The molecule has 5 heteroatoms. The van der Waals surface area contributed by atoms with Crippen LogP contribution in [0.25, 0.3) is 12.2 Å². The number of benzene rings is 1. The molecule has 24 heavy (non-hydrogen) atoms. The summed E-state index contributed by atoms with van der Waals surface area (Å²) in [6.07, 6.45) is 9.05. The van der Waals surface area contributed by atoms with Gasteiger partial charge < -0.3 is 9.47 Å². The second-order valence-corrected chi connectivity index (χ2v) is 5.75. The Morgan fingerprint density at radius 2 is 1.79 bits per heavy atom. The van der Waals surface area contributed by atoms with Gasteiger partial charge in [-0.1, -0.05) is 6.07 Å². The Labute approximate surface area is 139 Å². The minimum atomic E-state index is -0.609. The highest BCUT2D eigenvalue weighted by molar-refractivity contribution is 5.69. The molecule has 2 aromatic rings. The molecule has 0 N–H and O–H groups in total. The first kappa shape index (κ1) is 16.4. The molecule has 0 bridgehead atoms. The normalized spacial score (nSPS) is 15.1. The number of rotatable bonds is 5. The van der Waals surface area contributed by atoms with Crippen molar-refractivity contribution in [2.45, 2.75) is 31.8 Å². The predicted molar refractivity (Wildman–Crippen MR) is 89.0 cm³/mol. The summed E-state index contributed by atoms with van der Waals surface area (Å²) < 4.78 is 38.6. The van der Waals surface area contributed by atoms with Crippen molar-refractivity contribution < 1.29 is 18.3 Å². The average Bonchev–Trinajstić information content (AvgIpc) is 3.08. The molecular weight excluding hydrogens is 312 g/mol. The molecule has 3 nitrogen and oxygen atoms in total. The van der Waals surface area contributed by atoms with E-state index in [2.05, 4.69) is 4.98 Å². The van der Waals surface area contributed by atoms with Gasteiger partial charge in [0, 0.05) is 11.6 Å². The summed E-state index contributed by atoms with van der Waals surface area (Å²) in [6, 6.07) is 5.51. The zero-order valence-electron chi connectivity index (χ0n) is 13.5. The lowest BCUT2D eigenvalue weighted by Gasteiger charge is -2.15. The van der Waals surface area contributed by atoms with Gasteiger partial charge in [-0.25, -0.2) is 8.78 Å². The van der Waals surface area contributed by atoms with Crippen molar-refractivity contribution >= 4 is 12.2 Å². The van der Waals surface area contributed by atoms with Crippen LogP contribution in [0.2, 0.25) is 0 Å².